The summed E-state index contributed by atoms with van der Waals surface area (Å²) in [4.78, 5) is 23.6. The molecule has 122 valence electrons. The van der Waals surface area contributed by atoms with E-state index in [1.165, 1.54) is 7.11 Å². The van der Waals surface area contributed by atoms with Crippen LogP contribution in [0.15, 0.2) is 24.3 Å². The zero-order chi connectivity index (χ0) is 16.9. The largest absolute Gasteiger partial charge is 0.467 e. The molecule has 7 heteroatoms. The summed E-state index contributed by atoms with van der Waals surface area (Å²) in [6.07, 6.45) is -2.12. The van der Waals surface area contributed by atoms with Crippen molar-refractivity contribution < 1.29 is 24.2 Å². The second-order valence-corrected chi connectivity index (χ2v) is 6.08. The van der Waals surface area contributed by atoms with Gasteiger partial charge in [0, 0.05) is 5.02 Å². The zero-order valence-electron chi connectivity index (χ0n) is 12.9. The van der Waals surface area contributed by atoms with Crippen molar-refractivity contribution in [3.63, 3.8) is 0 Å². The number of methoxy groups -OCH3 is 1. The molecule has 0 aliphatic carbocycles. The van der Waals surface area contributed by atoms with Gasteiger partial charge in [-0.05, 0) is 38.5 Å². The SMILES string of the molecule is COC(=O)C(NC(=O)OC(C)(C)C)C(O)c1ccc(Cl)cc1. The van der Waals surface area contributed by atoms with Crippen LogP contribution in [0.2, 0.25) is 5.02 Å². The minimum Gasteiger partial charge on any atom is -0.467 e. The van der Waals surface area contributed by atoms with Crippen molar-refractivity contribution in [2.45, 2.75) is 38.5 Å². The smallest absolute Gasteiger partial charge is 0.408 e. The van der Waals surface area contributed by atoms with Gasteiger partial charge in [-0.25, -0.2) is 9.59 Å². The van der Waals surface area contributed by atoms with Gasteiger partial charge in [-0.3, -0.25) is 0 Å². The number of nitrogens with one attached hydrogen (secondary N) is 1. The lowest BCUT2D eigenvalue weighted by Gasteiger charge is -2.25. The highest BCUT2D eigenvalue weighted by Gasteiger charge is 2.32. The first-order valence-corrected chi connectivity index (χ1v) is 7.02. The number of aliphatic hydroxyl groups excluding tert-OH is 1. The molecule has 0 saturated heterocycles. The Morgan fingerprint density at radius 2 is 1.77 bits per heavy atom. The van der Waals surface area contributed by atoms with Gasteiger partial charge in [0.1, 0.15) is 11.7 Å². The summed E-state index contributed by atoms with van der Waals surface area (Å²) in [6.45, 7) is 5.07. The molecular weight excluding hydrogens is 310 g/mol. The van der Waals surface area contributed by atoms with E-state index in [9.17, 15) is 14.7 Å². The minimum atomic E-state index is -1.29. The molecule has 0 fully saturated rings. The van der Waals surface area contributed by atoms with Crippen molar-refractivity contribution in [3.05, 3.63) is 34.9 Å². The van der Waals surface area contributed by atoms with Crippen molar-refractivity contribution in [1.29, 1.82) is 0 Å². The Morgan fingerprint density at radius 3 is 2.23 bits per heavy atom. The number of carbonyl (C=O) groups is 2. The number of alkyl carbamates (subject to hydrolysis) is 1. The molecule has 0 aliphatic rings. The number of aliphatic hydroxyl groups is 1. The monoisotopic (exact) mass is 329 g/mol. The molecule has 2 unspecified atom stereocenters. The molecule has 22 heavy (non-hydrogen) atoms. The van der Waals surface area contributed by atoms with E-state index in [1.807, 2.05) is 0 Å². The van der Waals surface area contributed by atoms with Crippen LogP contribution in [0, 0.1) is 0 Å². The molecule has 0 heterocycles. The van der Waals surface area contributed by atoms with Crippen molar-refractivity contribution in [3.8, 4) is 0 Å². The molecule has 1 rings (SSSR count). The van der Waals surface area contributed by atoms with Crippen LogP contribution >= 0.6 is 11.6 Å². The van der Waals surface area contributed by atoms with E-state index in [0.29, 0.717) is 10.6 Å². The molecule has 1 amide bonds. The summed E-state index contributed by atoms with van der Waals surface area (Å²) in [5.74, 6) is -0.784. The van der Waals surface area contributed by atoms with Gasteiger partial charge in [-0.15, -0.1) is 0 Å². The van der Waals surface area contributed by atoms with Crippen molar-refractivity contribution in [2.24, 2.45) is 0 Å². The van der Waals surface area contributed by atoms with E-state index >= 15 is 0 Å². The lowest BCUT2D eigenvalue weighted by molar-refractivity contribution is -0.146. The summed E-state index contributed by atoms with van der Waals surface area (Å²) in [5, 5.41) is 13.1. The average Bonchev–Trinajstić information content (AvgIpc) is 2.42. The fraction of sp³-hybridized carbons (Fsp3) is 0.467. The van der Waals surface area contributed by atoms with Gasteiger partial charge in [-0.1, -0.05) is 23.7 Å². The predicted octanol–water partition coefficient (Wildman–Crippen LogP) is 2.44. The number of esters is 1. The molecule has 2 N–H and O–H groups in total. The summed E-state index contributed by atoms with van der Waals surface area (Å²) in [6, 6.07) is 4.96. The van der Waals surface area contributed by atoms with Crippen molar-refractivity contribution in [2.75, 3.05) is 7.11 Å². The number of amides is 1. The molecule has 0 saturated carbocycles. The fourth-order valence-corrected chi connectivity index (χ4v) is 1.81. The third-order valence-corrected chi connectivity index (χ3v) is 2.91. The van der Waals surface area contributed by atoms with Gasteiger partial charge in [0.25, 0.3) is 0 Å². The zero-order valence-corrected chi connectivity index (χ0v) is 13.7. The van der Waals surface area contributed by atoms with Gasteiger partial charge in [-0.2, -0.15) is 0 Å². The number of benzene rings is 1. The third-order valence-electron chi connectivity index (χ3n) is 2.65. The van der Waals surface area contributed by atoms with E-state index in [4.69, 9.17) is 16.3 Å². The summed E-state index contributed by atoms with van der Waals surface area (Å²) < 4.78 is 9.69. The van der Waals surface area contributed by atoms with Crippen LogP contribution in [0.1, 0.15) is 32.4 Å². The van der Waals surface area contributed by atoms with Crippen LogP contribution in [-0.2, 0) is 14.3 Å². The lowest BCUT2D eigenvalue weighted by atomic mass is 10.0. The number of halogens is 1. The Labute approximate surface area is 134 Å². The molecule has 0 aliphatic heterocycles. The molecule has 0 radical (unpaired) electrons. The van der Waals surface area contributed by atoms with E-state index in [0.717, 1.165) is 0 Å². The molecule has 6 nitrogen and oxygen atoms in total. The Bertz CT molecular complexity index is 524. The highest BCUT2D eigenvalue weighted by Crippen LogP contribution is 2.20. The van der Waals surface area contributed by atoms with Crippen LogP contribution in [0.3, 0.4) is 0 Å². The first kappa shape index (κ1) is 18.3. The van der Waals surface area contributed by atoms with E-state index < -0.39 is 29.8 Å². The number of rotatable bonds is 4. The molecule has 0 aromatic heterocycles. The number of carbonyl (C=O) groups excluding carboxylic acids is 2. The topological polar surface area (TPSA) is 84.9 Å². The van der Waals surface area contributed by atoms with E-state index in [1.54, 1.807) is 45.0 Å². The van der Waals surface area contributed by atoms with Gasteiger partial charge in [0.05, 0.1) is 7.11 Å². The van der Waals surface area contributed by atoms with Gasteiger partial charge in [0.2, 0.25) is 0 Å². The molecule has 1 aromatic carbocycles. The maximum atomic E-state index is 11.8. The van der Waals surface area contributed by atoms with Gasteiger partial charge < -0.3 is 19.9 Å². The molecule has 2 atom stereocenters. The second kappa shape index (κ2) is 7.47. The molecule has 0 bridgehead atoms. The maximum absolute atomic E-state index is 11.8. The maximum Gasteiger partial charge on any atom is 0.408 e. The molecular formula is C15H20ClNO5. The Hall–Kier alpha value is -1.79. The third kappa shape index (κ3) is 5.54. The summed E-state index contributed by atoms with van der Waals surface area (Å²) in [5.41, 5.74) is -0.313. The van der Waals surface area contributed by atoms with Gasteiger partial charge in [0.15, 0.2) is 6.04 Å². The van der Waals surface area contributed by atoms with Crippen LogP contribution in [0.25, 0.3) is 0 Å². The Morgan fingerprint density at radius 1 is 1.23 bits per heavy atom. The standard InChI is InChI=1S/C15H20ClNO5/c1-15(2,3)22-14(20)17-11(13(19)21-4)12(18)9-5-7-10(16)8-6-9/h5-8,11-12,18H,1-4H3,(H,17,20). The molecule has 0 spiro atoms. The number of hydrogen-bond acceptors (Lipinski definition) is 5. The highest BCUT2D eigenvalue weighted by molar-refractivity contribution is 6.30. The number of ether oxygens (including phenoxy) is 2. The van der Waals surface area contributed by atoms with Crippen molar-refractivity contribution >= 4 is 23.7 Å². The van der Waals surface area contributed by atoms with E-state index in [2.05, 4.69) is 10.1 Å². The quantitative estimate of drug-likeness (QED) is 0.829. The van der Waals surface area contributed by atoms with E-state index in [-0.39, 0.29) is 0 Å². The Balaban J connectivity index is 2.90. The Kier molecular flexibility index (Phi) is 6.20. The average molecular weight is 330 g/mol. The first-order valence-electron chi connectivity index (χ1n) is 6.65. The van der Waals surface area contributed by atoms with Gasteiger partial charge >= 0.3 is 12.1 Å². The number of hydrogen-bond donors (Lipinski definition) is 2. The van der Waals surface area contributed by atoms with Crippen LogP contribution < -0.4 is 5.32 Å². The summed E-state index contributed by atoms with van der Waals surface area (Å²) in [7, 11) is 1.17. The lowest BCUT2D eigenvalue weighted by Crippen LogP contribution is -2.47. The van der Waals surface area contributed by atoms with Crippen molar-refractivity contribution in [1.82, 2.24) is 5.32 Å². The van der Waals surface area contributed by atoms with Crippen LogP contribution in [0.4, 0.5) is 4.79 Å². The fourth-order valence-electron chi connectivity index (χ4n) is 1.68. The predicted molar refractivity (Wildman–Crippen MR) is 81.6 cm³/mol. The normalized spacial score (nSPS) is 13.9. The minimum absolute atomic E-state index is 0.413. The highest BCUT2D eigenvalue weighted by atomic mass is 35.5. The van der Waals surface area contributed by atoms with Crippen LogP contribution in [-0.4, -0.2) is 35.9 Å². The first-order chi connectivity index (χ1) is 10.1. The van der Waals surface area contributed by atoms with Crippen LogP contribution in [0.5, 0.6) is 0 Å². The summed E-state index contributed by atoms with van der Waals surface area (Å²) >= 11 is 5.78. The second-order valence-electron chi connectivity index (χ2n) is 5.64. The molecule has 1 aromatic rings.